The summed E-state index contributed by atoms with van der Waals surface area (Å²) < 4.78 is 5.64. The molecule has 4 aliphatic rings. The van der Waals surface area contributed by atoms with Crippen LogP contribution in [0.2, 0.25) is 0 Å². The van der Waals surface area contributed by atoms with Gasteiger partial charge in [0.2, 0.25) is 5.78 Å². The van der Waals surface area contributed by atoms with E-state index in [0.29, 0.717) is 24.8 Å². The van der Waals surface area contributed by atoms with Gasteiger partial charge in [0.1, 0.15) is 11.4 Å². The van der Waals surface area contributed by atoms with E-state index in [2.05, 4.69) is 25.1 Å². The van der Waals surface area contributed by atoms with E-state index in [1.165, 1.54) is 0 Å². The van der Waals surface area contributed by atoms with Crippen molar-refractivity contribution in [2.45, 2.75) is 64.4 Å². The number of ether oxygens (including phenoxy) is 1. The monoisotopic (exact) mass is 588 g/mol. The van der Waals surface area contributed by atoms with Crippen molar-refractivity contribution < 1.29 is 29.0 Å². The van der Waals surface area contributed by atoms with Gasteiger partial charge in [0.15, 0.2) is 12.4 Å². The number of hydrogen-bond donors (Lipinski definition) is 1. The summed E-state index contributed by atoms with van der Waals surface area (Å²) in [6.45, 7) is 3.47. The summed E-state index contributed by atoms with van der Waals surface area (Å²) in [5.74, 6) is -1.06. The summed E-state index contributed by atoms with van der Waals surface area (Å²) in [4.78, 5) is 53.4. The molecule has 0 saturated heterocycles. The van der Waals surface area contributed by atoms with Crippen LogP contribution in [0.25, 0.3) is 32.3 Å². The first-order valence-electron chi connectivity index (χ1n) is 15.9. The van der Waals surface area contributed by atoms with Crippen LogP contribution in [0, 0.1) is 28.6 Å². The van der Waals surface area contributed by atoms with Gasteiger partial charge in [0.05, 0.1) is 5.56 Å². The number of carbonyl (C=O) groups excluding carboxylic acids is 4. The molecule has 0 aliphatic heterocycles. The molecule has 6 atom stereocenters. The fourth-order valence-corrected chi connectivity index (χ4v) is 10.1. The van der Waals surface area contributed by atoms with E-state index in [9.17, 15) is 24.3 Å². The summed E-state index contributed by atoms with van der Waals surface area (Å²) in [5.41, 5.74) is -1.54. The maximum absolute atomic E-state index is 13.9. The number of fused-ring (bicyclic) bond motifs is 5. The first kappa shape index (κ1) is 27.6. The maximum Gasteiger partial charge on any atom is 0.339 e. The predicted octanol–water partition coefficient (Wildman–Crippen LogP) is 6.75. The van der Waals surface area contributed by atoms with Crippen LogP contribution >= 0.6 is 0 Å². The standard InChI is InChI=1S/C38H36O6/c1-36-16-14-25(39)18-24(36)10-13-28-29-15-17-38(43,37(29,2)19-30(40)34(28)36)31(41)20-44-35(42)27-12-9-23-7-6-21-4-3-5-22-8-11-26(27)33(23)32(21)22/h3-9,11-12,18,28-29,34,43H,10,13-17,19-20H2,1-2H3/t28-,29-,34+,36-,37-,38-/m0/s1. The summed E-state index contributed by atoms with van der Waals surface area (Å²) in [7, 11) is 0. The Morgan fingerprint density at radius 1 is 0.886 bits per heavy atom. The molecule has 0 bridgehead atoms. The maximum atomic E-state index is 13.9. The second-order valence-electron chi connectivity index (χ2n) is 14.3. The average Bonchev–Trinajstić information content (AvgIpc) is 3.29. The molecule has 1 N–H and O–H groups in total. The number of rotatable bonds is 4. The Bertz CT molecular complexity index is 1940. The fraction of sp³-hybridized carbons (Fsp3) is 0.421. The molecule has 0 unspecified atom stereocenters. The Hall–Kier alpha value is -3.90. The van der Waals surface area contributed by atoms with Gasteiger partial charge in [0, 0.05) is 24.2 Å². The molecule has 3 fully saturated rings. The Balaban J connectivity index is 1.05. The lowest BCUT2D eigenvalue weighted by atomic mass is 9.46. The van der Waals surface area contributed by atoms with Crippen LogP contribution in [-0.4, -0.2) is 40.6 Å². The van der Waals surface area contributed by atoms with E-state index in [-0.39, 0.29) is 47.6 Å². The zero-order valence-electron chi connectivity index (χ0n) is 25.2. The van der Waals surface area contributed by atoms with Crippen LogP contribution in [-0.2, 0) is 19.1 Å². The Kier molecular flexibility index (Phi) is 5.84. The topological polar surface area (TPSA) is 97.7 Å². The molecule has 0 spiro atoms. The van der Waals surface area contributed by atoms with Gasteiger partial charge in [0.25, 0.3) is 0 Å². The first-order valence-corrected chi connectivity index (χ1v) is 15.9. The molecule has 3 saturated carbocycles. The minimum absolute atomic E-state index is 0.00316. The lowest BCUT2D eigenvalue weighted by Crippen LogP contribution is -2.61. The molecular weight excluding hydrogens is 552 g/mol. The fourth-order valence-electron chi connectivity index (χ4n) is 10.1. The molecule has 6 heteroatoms. The van der Waals surface area contributed by atoms with Crippen LogP contribution in [0.1, 0.15) is 69.2 Å². The molecule has 0 heterocycles. The number of esters is 1. The lowest BCUT2D eigenvalue weighted by Gasteiger charge is -2.57. The summed E-state index contributed by atoms with van der Waals surface area (Å²) in [5, 5.41) is 18.1. The zero-order chi connectivity index (χ0) is 30.6. The van der Waals surface area contributed by atoms with Gasteiger partial charge in [-0.2, -0.15) is 0 Å². The van der Waals surface area contributed by atoms with E-state index >= 15 is 0 Å². The van der Waals surface area contributed by atoms with Crippen molar-refractivity contribution in [1.29, 1.82) is 0 Å². The predicted molar refractivity (Wildman–Crippen MR) is 167 cm³/mol. The van der Waals surface area contributed by atoms with Crippen LogP contribution in [0.5, 0.6) is 0 Å². The quantitative estimate of drug-likeness (QED) is 0.209. The van der Waals surface area contributed by atoms with Gasteiger partial charge in [-0.05, 0) is 93.8 Å². The lowest BCUT2D eigenvalue weighted by molar-refractivity contribution is -0.170. The average molecular weight is 589 g/mol. The molecule has 0 aromatic heterocycles. The van der Waals surface area contributed by atoms with E-state index in [4.69, 9.17) is 4.74 Å². The molecule has 4 aliphatic carbocycles. The van der Waals surface area contributed by atoms with Crippen LogP contribution in [0.3, 0.4) is 0 Å². The number of aliphatic hydroxyl groups is 1. The minimum atomic E-state index is -1.75. The molecule has 6 nitrogen and oxygen atoms in total. The second kappa shape index (κ2) is 9.31. The zero-order valence-corrected chi connectivity index (χ0v) is 25.2. The van der Waals surface area contributed by atoms with Crippen molar-refractivity contribution in [1.82, 2.24) is 0 Å². The molecule has 0 radical (unpaired) electrons. The third-order valence-corrected chi connectivity index (χ3v) is 12.4. The highest BCUT2D eigenvalue weighted by Crippen LogP contribution is 2.66. The normalized spacial score (nSPS) is 33.2. The Morgan fingerprint density at radius 3 is 2.36 bits per heavy atom. The molecular formula is C38H36O6. The van der Waals surface area contributed by atoms with Crippen LogP contribution in [0.15, 0.2) is 66.2 Å². The van der Waals surface area contributed by atoms with Gasteiger partial charge in [-0.3, -0.25) is 14.4 Å². The summed E-state index contributed by atoms with van der Waals surface area (Å²) >= 11 is 0. The van der Waals surface area contributed by atoms with Gasteiger partial charge in [-0.15, -0.1) is 0 Å². The largest absolute Gasteiger partial charge is 0.454 e. The van der Waals surface area contributed by atoms with Crippen LogP contribution < -0.4 is 0 Å². The van der Waals surface area contributed by atoms with E-state index in [0.717, 1.165) is 50.7 Å². The SMILES string of the molecule is C[C@]12CCC(=O)C=C1CC[C@@H]1[C@@H]2C(=O)C[C@@]2(C)[C@H]1CC[C@]2(O)C(=O)COC(=O)c1ccc2ccc3cccc4ccc1c2c34. The summed E-state index contributed by atoms with van der Waals surface area (Å²) in [6.07, 6.45) is 5.45. The van der Waals surface area contributed by atoms with Crippen molar-refractivity contribution in [3.05, 3.63) is 71.8 Å². The highest BCUT2D eigenvalue weighted by atomic mass is 16.5. The van der Waals surface area contributed by atoms with Crippen LogP contribution in [0.4, 0.5) is 0 Å². The molecule has 44 heavy (non-hydrogen) atoms. The number of Topliss-reactive ketones (excluding diaryl/α,β-unsaturated/α-hetero) is 2. The van der Waals surface area contributed by atoms with Crippen molar-refractivity contribution >= 4 is 55.6 Å². The third-order valence-electron chi connectivity index (χ3n) is 12.4. The Morgan fingerprint density at radius 2 is 1.59 bits per heavy atom. The smallest absolute Gasteiger partial charge is 0.339 e. The number of carbonyl (C=O) groups is 4. The van der Waals surface area contributed by atoms with E-state index in [1.54, 1.807) is 12.1 Å². The van der Waals surface area contributed by atoms with Gasteiger partial charge in [-0.1, -0.05) is 68.0 Å². The van der Waals surface area contributed by atoms with Gasteiger partial charge in [-0.25, -0.2) is 4.79 Å². The van der Waals surface area contributed by atoms with Gasteiger partial charge >= 0.3 is 5.97 Å². The summed E-state index contributed by atoms with van der Waals surface area (Å²) in [6, 6.07) is 17.8. The van der Waals surface area contributed by atoms with E-state index < -0.39 is 29.4 Å². The van der Waals surface area contributed by atoms with Gasteiger partial charge < -0.3 is 9.84 Å². The third kappa shape index (κ3) is 3.58. The number of ketones is 3. The Labute approximate surface area is 255 Å². The molecule has 4 aromatic carbocycles. The molecule has 0 amide bonds. The molecule has 4 aromatic rings. The molecule has 224 valence electrons. The van der Waals surface area contributed by atoms with Crippen molar-refractivity contribution in [2.75, 3.05) is 6.61 Å². The highest BCUT2D eigenvalue weighted by Gasteiger charge is 2.68. The van der Waals surface area contributed by atoms with Crippen molar-refractivity contribution in [3.8, 4) is 0 Å². The number of allylic oxidation sites excluding steroid dienone is 1. The second-order valence-corrected chi connectivity index (χ2v) is 14.3. The highest BCUT2D eigenvalue weighted by molar-refractivity contribution is 6.26. The first-order chi connectivity index (χ1) is 21.0. The minimum Gasteiger partial charge on any atom is -0.454 e. The number of hydrogen-bond acceptors (Lipinski definition) is 6. The van der Waals surface area contributed by atoms with Crippen molar-refractivity contribution in [2.24, 2.45) is 28.6 Å². The van der Waals surface area contributed by atoms with E-state index in [1.807, 2.05) is 37.3 Å². The number of benzene rings is 4. The molecule has 8 rings (SSSR count). The van der Waals surface area contributed by atoms with Crippen molar-refractivity contribution in [3.63, 3.8) is 0 Å².